The molecule has 1 saturated heterocycles. The van der Waals surface area contributed by atoms with Crippen LogP contribution in [0.15, 0.2) is 45.6 Å². The Kier molecular flexibility index (Phi) is 5.47. The van der Waals surface area contributed by atoms with Crippen molar-refractivity contribution >= 4 is 57.4 Å². The number of hydrogen-bond donors (Lipinski definition) is 0. The predicted molar refractivity (Wildman–Crippen MR) is 117 cm³/mol. The highest BCUT2D eigenvalue weighted by molar-refractivity contribution is 6.38. The van der Waals surface area contributed by atoms with E-state index in [1.165, 1.54) is 12.1 Å². The summed E-state index contributed by atoms with van der Waals surface area (Å²) >= 11 is 18.3. The fourth-order valence-corrected chi connectivity index (χ4v) is 4.15. The van der Waals surface area contributed by atoms with E-state index in [4.69, 9.17) is 39.2 Å². The summed E-state index contributed by atoms with van der Waals surface area (Å²) < 4.78 is 5.29. The number of amides is 1. The minimum atomic E-state index is -0.709. The lowest BCUT2D eigenvalue weighted by Gasteiger charge is -2.36. The molecule has 2 aromatic carbocycles. The number of hydrogen-bond acceptors (Lipinski definition) is 4. The first-order valence-electron chi connectivity index (χ1n) is 9.07. The zero-order valence-corrected chi connectivity index (χ0v) is 17.8. The molecule has 29 heavy (non-hydrogen) atoms. The van der Waals surface area contributed by atoms with Crippen LogP contribution in [0.2, 0.25) is 15.1 Å². The zero-order chi connectivity index (χ0) is 20.7. The summed E-state index contributed by atoms with van der Waals surface area (Å²) in [4.78, 5) is 29.1. The van der Waals surface area contributed by atoms with Crippen molar-refractivity contribution in [1.82, 2.24) is 4.90 Å². The average molecular weight is 452 g/mol. The number of halogens is 3. The maximum absolute atomic E-state index is 12.9. The molecule has 5 nitrogen and oxygen atoms in total. The molecular weight excluding hydrogens is 435 g/mol. The predicted octanol–water partition coefficient (Wildman–Crippen LogP) is 5.02. The highest BCUT2D eigenvalue weighted by atomic mass is 35.5. The molecule has 8 heteroatoms. The van der Waals surface area contributed by atoms with Gasteiger partial charge in [0.05, 0.1) is 5.02 Å². The molecular formula is C21H17Cl3N2O3. The van der Waals surface area contributed by atoms with Gasteiger partial charge < -0.3 is 14.2 Å². The van der Waals surface area contributed by atoms with Crippen molar-refractivity contribution in [2.75, 3.05) is 31.1 Å². The number of rotatable bonds is 2. The van der Waals surface area contributed by atoms with Crippen LogP contribution in [0, 0.1) is 6.92 Å². The Morgan fingerprint density at radius 1 is 0.966 bits per heavy atom. The molecule has 1 fully saturated rings. The van der Waals surface area contributed by atoms with Gasteiger partial charge in [-0.3, -0.25) is 4.79 Å². The molecule has 1 aromatic heterocycles. The van der Waals surface area contributed by atoms with Crippen LogP contribution in [0.25, 0.3) is 11.0 Å². The van der Waals surface area contributed by atoms with Crippen molar-refractivity contribution in [3.63, 3.8) is 0 Å². The average Bonchev–Trinajstić information content (AvgIpc) is 2.70. The van der Waals surface area contributed by atoms with Crippen molar-refractivity contribution in [2.24, 2.45) is 0 Å². The molecule has 0 N–H and O–H groups in total. The third-order valence-corrected chi connectivity index (χ3v) is 5.98. The molecule has 0 atom stereocenters. The maximum atomic E-state index is 12.9. The first-order valence-corrected chi connectivity index (χ1v) is 10.2. The molecule has 0 saturated carbocycles. The van der Waals surface area contributed by atoms with Crippen LogP contribution in [0.4, 0.5) is 5.69 Å². The van der Waals surface area contributed by atoms with Gasteiger partial charge in [0.2, 0.25) is 0 Å². The quantitative estimate of drug-likeness (QED) is 0.513. The van der Waals surface area contributed by atoms with E-state index in [1.54, 1.807) is 11.0 Å². The third kappa shape index (κ3) is 3.95. The molecule has 3 aromatic rings. The van der Waals surface area contributed by atoms with Gasteiger partial charge in [0.15, 0.2) is 5.58 Å². The van der Waals surface area contributed by atoms with Gasteiger partial charge in [-0.25, -0.2) is 4.79 Å². The molecule has 1 aliphatic heterocycles. The minimum absolute atomic E-state index is 0.0253. The van der Waals surface area contributed by atoms with E-state index < -0.39 is 5.63 Å². The topological polar surface area (TPSA) is 53.8 Å². The second-order valence-electron chi connectivity index (χ2n) is 6.97. The van der Waals surface area contributed by atoms with E-state index >= 15 is 0 Å². The van der Waals surface area contributed by atoms with Gasteiger partial charge in [-0.05, 0) is 42.8 Å². The fourth-order valence-electron chi connectivity index (χ4n) is 3.42. The van der Waals surface area contributed by atoms with E-state index in [-0.39, 0.29) is 22.1 Å². The number of fused-ring (bicyclic) bond motifs is 1. The largest absolute Gasteiger partial charge is 0.421 e. The lowest BCUT2D eigenvalue weighted by Crippen LogP contribution is -2.49. The Hall–Kier alpha value is -2.21. The molecule has 0 radical (unpaired) electrons. The number of carbonyl (C=O) groups is 1. The van der Waals surface area contributed by atoms with Crippen molar-refractivity contribution in [3.05, 3.63) is 73.0 Å². The number of nitrogens with zero attached hydrogens (tertiary/aromatic N) is 2. The van der Waals surface area contributed by atoms with Crippen LogP contribution < -0.4 is 10.5 Å². The summed E-state index contributed by atoms with van der Waals surface area (Å²) in [5, 5.41) is 1.86. The Morgan fingerprint density at radius 2 is 1.69 bits per heavy atom. The van der Waals surface area contributed by atoms with Gasteiger partial charge in [0.1, 0.15) is 5.56 Å². The molecule has 150 valence electrons. The monoisotopic (exact) mass is 450 g/mol. The minimum Gasteiger partial charge on any atom is -0.421 e. The van der Waals surface area contributed by atoms with Gasteiger partial charge in [0.25, 0.3) is 5.91 Å². The molecule has 0 aliphatic carbocycles. The lowest BCUT2D eigenvalue weighted by atomic mass is 10.1. The normalized spacial score (nSPS) is 14.5. The summed E-state index contributed by atoms with van der Waals surface area (Å²) in [7, 11) is 0. The number of benzene rings is 2. The summed E-state index contributed by atoms with van der Waals surface area (Å²) in [5.41, 5.74) is 1.52. The van der Waals surface area contributed by atoms with E-state index in [0.29, 0.717) is 41.6 Å². The molecule has 0 unspecified atom stereocenters. The second kappa shape index (κ2) is 7.90. The molecule has 1 aliphatic rings. The van der Waals surface area contributed by atoms with E-state index in [9.17, 15) is 9.59 Å². The lowest BCUT2D eigenvalue weighted by molar-refractivity contribution is 0.0742. The summed E-state index contributed by atoms with van der Waals surface area (Å²) in [6, 6.07) is 10.5. The zero-order valence-electron chi connectivity index (χ0n) is 15.5. The van der Waals surface area contributed by atoms with E-state index in [0.717, 1.165) is 11.3 Å². The number of anilines is 1. The number of piperazine rings is 1. The smallest absolute Gasteiger partial charge is 0.349 e. The van der Waals surface area contributed by atoms with Crippen molar-refractivity contribution in [1.29, 1.82) is 0 Å². The Labute approximate surface area is 182 Å². The highest BCUT2D eigenvalue weighted by Gasteiger charge is 2.25. The van der Waals surface area contributed by atoms with Gasteiger partial charge in [0, 0.05) is 47.3 Å². The highest BCUT2D eigenvalue weighted by Crippen LogP contribution is 2.28. The first kappa shape index (κ1) is 20.1. The van der Waals surface area contributed by atoms with Crippen LogP contribution in [-0.2, 0) is 0 Å². The van der Waals surface area contributed by atoms with E-state index in [1.807, 2.05) is 25.1 Å². The van der Waals surface area contributed by atoms with Crippen LogP contribution in [-0.4, -0.2) is 37.0 Å². The second-order valence-corrected chi connectivity index (χ2v) is 8.22. The molecule has 0 bridgehead atoms. The van der Waals surface area contributed by atoms with Crippen molar-refractivity contribution in [3.8, 4) is 0 Å². The number of aryl methyl sites for hydroxylation is 1. The van der Waals surface area contributed by atoms with Crippen LogP contribution in [0.5, 0.6) is 0 Å². The van der Waals surface area contributed by atoms with E-state index in [2.05, 4.69) is 4.90 Å². The maximum Gasteiger partial charge on any atom is 0.349 e. The van der Waals surface area contributed by atoms with Gasteiger partial charge in [-0.2, -0.15) is 0 Å². The first-order chi connectivity index (χ1) is 13.8. The molecule has 2 heterocycles. The SMILES string of the molecule is Cc1ccc(N2CCN(C(=O)c3cc4cc(Cl)cc(Cl)c4oc3=O)CC2)cc1Cl. The standard InChI is InChI=1S/C21H17Cl3N2O3/c1-12-2-3-15(11-17(12)23)25-4-6-26(7-5-25)20(27)16-9-13-8-14(22)10-18(24)19(13)29-21(16)28/h2-3,8-11H,4-7H2,1H3. The van der Waals surface area contributed by atoms with Crippen LogP contribution >= 0.6 is 34.8 Å². The van der Waals surface area contributed by atoms with Crippen LogP contribution in [0.1, 0.15) is 15.9 Å². The molecule has 1 amide bonds. The molecule has 4 rings (SSSR count). The molecule has 0 spiro atoms. The fraction of sp³-hybridized carbons (Fsp3) is 0.238. The van der Waals surface area contributed by atoms with Gasteiger partial charge in [-0.15, -0.1) is 0 Å². The van der Waals surface area contributed by atoms with Gasteiger partial charge in [-0.1, -0.05) is 40.9 Å². The summed E-state index contributed by atoms with van der Waals surface area (Å²) in [6.45, 7) is 4.21. The van der Waals surface area contributed by atoms with Crippen LogP contribution in [0.3, 0.4) is 0 Å². The van der Waals surface area contributed by atoms with Crippen molar-refractivity contribution < 1.29 is 9.21 Å². The third-order valence-electron chi connectivity index (χ3n) is 5.07. The summed E-state index contributed by atoms with van der Waals surface area (Å²) in [6.07, 6.45) is 0. The van der Waals surface area contributed by atoms with Crippen molar-refractivity contribution in [2.45, 2.75) is 6.92 Å². The summed E-state index contributed by atoms with van der Waals surface area (Å²) in [5.74, 6) is -0.363. The van der Waals surface area contributed by atoms with Gasteiger partial charge >= 0.3 is 5.63 Å². The Morgan fingerprint density at radius 3 is 2.38 bits per heavy atom. The number of carbonyl (C=O) groups excluding carboxylic acids is 1. The Bertz CT molecular complexity index is 1170. The Balaban J connectivity index is 1.54.